The normalized spacial score (nSPS) is 9.59. The zero-order chi connectivity index (χ0) is 12.8. The monoisotopic (exact) mass is 238 g/mol. The fraction of sp³-hybridized carbons (Fsp3) is 0.333. The Labute approximate surface area is 99.3 Å². The topological polar surface area (TPSA) is 61.8 Å². The lowest BCUT2D eigenvalue weighted by atomic mass is 10.1. The molecule has 0 heterocycles. The zero-order valence-corrected chi connectivity index (χ0v) is 9.98. The molecule has 0 aliphatic carbocycles. The number of benzene rings is 1. The smallest absolute Gasteiger partial charge is 0.374 e. The van der Waals surface area contributed by atoms with Crippen LogP contribution in [-0.4, -0.2) is 33.1 Å². The molecule has 0 spiro atoms. The second-order valence-corrected chi connectivity index (χ2v) is 3.27. The van der Waals surface area contributed by atoms with Gasteiger partial charge in [-0.2, -0.15) is 0 Å². The van der Waals surface area contributed by atoms with Crippen LogP contribution in [-0.2, 0) is 20.7 Å². The molecule has 0 atom stereocenters. The molecule has 17 heavy (non-hydrogen) atoms. The Kier molecular flexibility index (Phi) is 4.51. The number of hydrogen-bond donors (Lipinski definition) is 0. The van der Waals surface area contributed by atoms with Gasteiger partial charge in [-0.1, -0.05) is 6.07 Å². The van der Waals surface area contributed by atoms with Gasteiger partial charge in [0.1, 0.15) is 11.5 Å². The molecule has 0 fully saturated rings. The van der Waals surface area contributed by atoms with E-state index in [2.05, 4.69) is 4.74 Å². The summed E-state index contributed by atoms with van der Waals surface area (Å²) in [6, 6.07) is 5.03. The van der Waals surface area contributed by atoms with Crippen molar-refractivity contribution in [2.75, 3.05) is 21.3 Å². The first-order valence-electron chi connectivity index (χ1n) is 4.94. The lowest BCUT2D eigenvalue weighted by molar-refractivity contribution is -0.151. The first kappa shape index (κ1) is 13.0. The molecule has 0 aliphatic rings. The van der Waals surface area contributed by atoms with Gasteiger partial charge in [-0.3, -0.25) is 4.79 Å². The Morgan fingerprint density at radius 3 is 2.35 bits per heavy atom. The molecule has 5 heteroatoms. The molecule has 1 aromatic carbocycles. The summed E-state index contributed by atoms with van der Waals surface area (Å²) < 4.78 is 14.5. The van der Waals surface area contributed by atoms with Gasteiger partial charge in [-0.25, -0.2) is 4.79 Å². The van der Waals surface area contributed by atoms with Crippen LogP contribution in [0, 0.1) is 0 Å². The molecule has 0 bridgehead atoms. The van der Waals surface area contributed by atoms with Gasteiger partial charge in [0.15, 0.2) is 0 Å². The molecule has 0 amide bonds. The summed E-state index contributed by atoms with van der Waals surface area (Å²) in [4.78, 5) is 22.4. The largest absolute Gasteiger partial charge is 0.497 e. The van der Waals surface area contributed by atoms with Crippen LogP contribution in [0.15, 0.2) is 18.2 Å². The Balaban J connectivity index is 2.91. The quantitative estimate of drug-likeness (QED) is 0.565. The van der Waals surface area contributed by atoms with Crippen molar-refractivity contribution in [3.63, 3.8) is 0 Å². The standard InChI is InChI=1S/C12H14O5/c1-15-9-5-4-8(11(7-9)16-2)6-10(13)12(14)17-3/h4-5,7H,6H2,1-3H3. The van der Waals surface area contributed by atoms with Crippen LogP contribution in [0.5, 0.6) is 11.5 Å². The van der Waals surface area contributed by atoms with E-state index in [0.717, 1.165) is 0 Å². The zero-order valence-electron chi connectivity index (χ0n) is 9.98. The molecule has 0 aliphatic heterocycles. The molecule has 1 rings (SSSR count). The maximum atomic E-state index is 11.4. The van der Waals surface area contributed by atoms with E-state index in [1.807, 2.05) is 0 Å². The van der Waals surface area contributed by atoms with Gasteiger partial charge in [0.05, 0.1) is 21.3 Å². The van der Waals surface area contributed by atoms with Crippen LogP contribution in [0.25, 0.3) is 0 Å². The molecule has 1 aromatic rings. The van der Waals surface area contributed by atoms with Crippen LogP contribution in [0.4, 0.5) is 0 Å². The first-order valence-corrected chi connectivity index (χ1v) is 4.94. The molecular formula is C12H14O5. The maximum absolute atomic E-state index is 11.4. The van der Waals surface area contributed by atoms with E-state index in [9.17, 15) is 9.59 Å². The van der Waals surface area contributed by atoms with Crippen LogP contribution >= 0.6 is 0 Å². The number of carbonyl (C=O) groups excluding carboxylic acids is 2. The summed E-state index contributed by atoms with van der Waals surface area (Å²) in [5.74, 6) is -0.350. The number of esters is 1. The van der Waals surface area contributed by atoms with Crippen LogP contribution in [0.1, 0.15) is 5.56 Å². The molecule has 0 aromatic heterocycles. The third-order valence-electron chi connectivity index (χ3n) is 2.26. The maximum Gasteiger partial charge on any atom is 0.374 e. The highest BCUT2D eigenvalue weighted by Gasteiger charge is 2.17. The van der Waals surface area contributed by atoms with Crippen molar-refractivity contribution >= 4 is 11.8 Å². The van der Waals surface area contributed by atoms with E-state index >= 15 is 0 Å². The van der Waals surface area contributed by atoms with Gasteiger partial charge in [0.2, 0.25) is 5.78 Å². The Morgan fingerprint density at radius 1 is 1.12 bits per heavy atom. The van der Waals surface area contributed by atoms with E-state index < -0.39 is 11.8 Å². The third-order valence-corrected chi connectivity index (χ3v) is 2.26. The lowest BCUT2D eigenvalue weighted by Crippen LogP contribution is -2.18. The minimum absolute atomic E-state index is 0.0557. The average molecular weight is 238 g/mol. The van der Waals surface area contributed by atoms with Crippen molar-refractivity contribution in [1.29, 1.82) is 0 Å². The number of hydrogen-bond acceptors (Lipinski definition) is 5. The van der Waals surface area contributed by atoms with E-state index in [0.29, 0.717) is 17.1 Å². The molecule has 92 valence electrons. The van der Waals surface area contributed by atoms with Crippen molar-refractivity contribution in [3.8, 4) is 11.5 Å². The van der Waals surface area contributed by atoms with Crippen molar-refractivity contribution in [2.24, 2.45) is 0 Å². The molecular weight excluding hydrogens is 224 g/mol. The Hall–Kier alpha value is -2.04. The fourth-order valence-electron chi connectivity index (χ4n) is 1.36. The third kappa shape index (κ3) is 3.21. The summed E-state index contributed by atoms with van der Waals surface area (Å²) >= 11 is 0. The lowest BCUT2D eigenvalue weighted by Gasteiger charge is -2.09. The second-order valence-electron chi connectivity index (χ2n) is 3.27. The summed E-state index contributed by atoms with van der Waals surface area (Å²) in [6.07, 6.45) is -0.0557. The molecule has 0 saturated heterocycles. The minimum Gasteiger partial charge on any atom is -0.497 e. The number of ketones is 1. The molecule has 0 unspecified atom stereocenters. The van der Waals surface area contributed by atoms with E-state index in [1.165, 1.54) is 21.3 Å². The Morgan fingerprint density at radius 2 is 1.82 bits per heavy atom. The van der Waals surface area contributed by atoms with Crippen molar-refractivity contribution in [2.45, 2.75) is 6.42 Å². The highest BCUT2D eigenvalue weighted by atomic mass is 16.5. The number of methoxy groups -OCH3 is 3. The summed E-state index contributed by atoms with van der Waals surface area (Å²) in [6.45, 7) is 0. The van der Waals surface area contributed by atoms with Gasteiger partial charge in [0.25, 0.3) is 0 Å². The van der Waals surface area contributed by atoms with E-state index in [1.54, 1.807) is 18.2 Å². The first-order chi connectivity index (χ1) is 8.12. The molecule has 5 nitrogen and oxygen atoms in total. The van der Waals surface area contributed by atoms with Gasteiger partial charge >= 0.3 is 5.97 Å². The number of carbonyl (C=O) groups is 2. The fourth-order valence-corrected chi connectivity index (χ4v) is 1.36. The summed E-state index contributed by atoms with van der Waals surface area (Å²) in [5.41, 5.74) is 0.615. The number of rotatable bonds is 5. The van der Waals surface area contributed by atoms with Gasteiger partial charge in [-0.05, 0) is 6.07 Å². The van der Waals surface area contributed by atoms with Crippen LogP contribution in [0.3, 0.4) is 0 Å². The minimum atomic E-state index is -0.858. The average Bonchev–Trinajstić information content (AvgIpc) is 2.37. The number of Topliss-reactive ketones (excluding diaryl/α,β-unsaturated/α-hetero) is 1. The predicted molar refractivity (Wildman–Crippen MR) is 60.3 cm³/mol. The highest BCUT2D eigenvalue weighted by Crippen LogP contribution is 2.25. The van der Waals surface area contributed by atoms with E-state index in [-0.39, 0.29) is 6.42 Å². The predicted octanol–water partition coefficient (Wildman–Crippen LogP) is 0.988. The summed E-state index contributed by atoms with van der Waals surface area (Å²) in [5, 5.41) is 0. The van der Waals surface area contributed by atoms with Gasteiger partial charge in [0, 0.05) is 18.1 Å². The van der Waals surface area contributed by atoms with Gasteiger partial charge in [-0.15, -0.1) is 0 Å². The summed E-state index contributed by atoms with van der Waals surface area (Å²) in [7, 11) is 4.19. The number of ether oxygens (including phenoxy) is 3. The highest BCUT2D eigenvalue weighted by molar-refractivity contribution is 6.34. The SMILES string of the molecule is COC(=O)C(=O)Cc1ccc(OC)cc1OC. The van der Waals surface area contributed by atoms with Crippen LogP contribution < -0.4 is 9.47 Å². The molecule has 0 saturated carbocycles. The van der Waals surface area contributed by atoms with E-state index in [4.69, 9.17) is 9.47 Å². The van der Waals surface area contributed by atoms with Gasteiger partial charge < -0.3 is 14.2 Å². The van der Waals surface area contributed by atoms with Crippen molar-refractivity contribution in [3.05, 3.63) is 23.8 Å². The van der Waals surface area contributed by atoms with Crippen LogP contribution in [0.2, 0.25) is 0 Å². The Bertz CT molecular complexity index is 425. The molecule has 0 N–H and O–H groups in total. The van der Waals surface area contributed by atoms with Crippen molar-refractivity contribution in [1.82, 2.24) is 0 Å². The van der Waals surface area contributed by atoms with Crippen molar-refractivity contribution < 1.29 is 23.8 Å². The second kappa shape index (κ2) is 5.89. The molecule has 0 radical (unpaired) electrons.